The largest absolute Gasteiger partial charge is 0.480 e. The van der Waals surface area contributed by atoms with Gasteiger partial charge in [-0.05, 0) is 29.8 Å². The van der Waals surface area contributed by atoms with Crippen LogP contribution < -0.4 is 4.31 Å². The lowest BCUT2D eigenvalue weighted by Crippen LogP contribution is -2.42. The molecule has 2 aromatic rings. The number of hydrogen-bond acceptors (Lipinski definition) is 3. The van der Waals surface area contributed by atoms with E-state index in [1.807, 2.05) is 24.3 Å². The lowest BCUT2D eigenvalue weighted by atomic mass is 10.1. The predicted octanol–water partition coefficient (Wildman–Crippen LogP) is 2.08. The van der Waals surface area contributed by atoms with Crippen LogP contribution >= 0.6 is 0 Å². The Morgan fingerprint density at radius 2 is 1.75 bits per heavy atom. The molecule has 2 aromatic carbocycles. The number of rotatable bonds is 4. The molecule has 0 saturated heterocycles. The van der Waals surface area contributed by atoms with Crippen LogP contribution in [0.2, 0.25) is 0 Å². The van der Waals surface area contributed by atoms with Gasteiger partial charge in [-0.1, -0.05) is 30.3 Å². The molecule has 1 unspecified atom stereocenters. The number of anilines is 1. The topological polar surface area (TPSA) is 74.7 Å². The summed E-state index contributed by atoms with van der Waals surface area (Å²) in [6.45, 7) is 1.35. The van der Waals surface area contributed by atoms with E-state index >= 15 is 0 Å². The zero-order valence-electron chi connectivity index (χ0n) is 11.1. The fourth-order valence-electron chi connectivity index (χ4n) is 2.12. The second kappa shape index (κ2) is 5.13. The van der Waals surface area contributed by atoms with Gasteiger partial charge in [-0.15, -0.1) is 0 Å². The van der Waals surface area contributed by atoms with Crippen LogP contribution in [-0.4, -0.2) is 31.8 Å². The molecule has 1 atom stereocenters. The Morgan fingerprint density at radius 3 is 2.30 bits per heavy atom. The van der Waals surface area contributed by atoms with Gasteiger partial charge in [-0.3, -0.25) is 4.31 Å². The van der Waals surface area contributed by atoms with Crippen LogP contribution in [0.5, 0.6) is 0 Å². The molecule has 6 heteroatoms. The van der Waals surface area contributed by atoms with Gasteiger partial charge in [0.05, 0.1) is 11.9 Å². The third-order valence-electron chi connectivity index (χ3n) is 3.05. The third-order valence-corrected chi connectivity index (χ3v) is 4.30. The maximum Gasteiger partial charge on any atom is 0.327 e. The van der Waals surface area contributed by atoms with Crippen molar-refractivity contribution in [2.45, 2.75) is 13.0 Å². The number of carbonyl (C=O) groups is 1. The smallest absolute Gasteiger partial charge is 0.327 e. The number of sulfonamides is 1. The molecular weight excluding hydrogens is 278 g/mol. The van der Waals surface area contributed by atoms with E-state index in [4.69, 9.17) is 5.11 Å². The maximum atomic E-state index is 11.9. The highest BCUT2D eigenvalue weighted by Crippen LogP contribution is 2.25. The molecule has 0 fully saturated rings. The molecule has 2 rings (SSSR count). The normalized spacial score (nSPS) is 13.1. The second-order valence-corrected chi connectivity index (χ2v) is 6.46. The minimum Gasteiger partial charge on any atom is -0.480 e. The summed E-state index contributed by atoms with van der Waals surface area (Å²) in [6.07, 6.45) is 1.00. The predicted molar refractivity (Wildman–Crippen MR) is 78.4 cm³/mol. The Bertz CT molecular complexity index is 755. The Balaban J connectivity index is 2.60. The van der Waals surface area contributed by atoms with Crippen molar-refractivity contribution in [2.75, 3.05) is 10.6 Å². The van der Waals surface area contributed by atoms with Crippen LogP contribution in [0.25, 0.3) is 10.8 Å². The van der Waals surface area contributed by atoms with Crippen molar-refractivity contribution in [3.8, 4) is 0 Å². The first kappa shape index (κ1) is 14.3. The van der Waals surface area contributed by atoms with Crippen LogP contribution in [-0.2, 0) is 14.8 Å². The Hall–Kier alpha value is -2.08. The zero-order valence-corrected chi connectivity index (χ0v) is 12.0. The van der Waals surface area contributed by atoms with Crippen LogP contribution in [0.1, 0.15) is 6.92 Å². The van der Waals surface area contributed by atoms with Gasteiger partial charge in [-0.2, -0.15) is 0 Å². The fraction of sp³-hybridized carbons (Fsp3) is 0.214. The van der Waals surface area contributed by atoms with E-state index in [1.54, 1.807) is 18.2 Å². The van der Waals surface area contributed by atoms with Crippen molar-refractivity contribution < 1.29 is 18.3 Å². The van der Waals surface area contributed by atoms with E-state index in [2.05, 4.69) is 0 Å². The van der Waals surface area contributed by atoms with Crippen molar-refractivity contribution in [2.24, 2.45) is 0 Å². The van der Waals surface area contributed by atoms with Crippen LogP contribution in [0.4, 0.5) is 5.69 Å². The first-order valence-electron chi connectivity index (χ1n) is 6.02. The number of carboxylic acids is 1. The Kier molecular flexibility index (Phi) is 3.67. The highest BCUT2D eigenvalue weighted by atomic mass is 32.2. The summed E-state index contributed by atoms with van der Waals surface area (Å²) in [5.74, 6) is -1.19. The highest BCUT2D eigenvalue weighted by molar-refractivity contribution is 7.92. The van der Waals surface area contributed by atoms with Gasteiger partial charge in [0.15, 0.2) is 0 Å². The average Bonchev–Trinajstić information content (AvgIpc) is 2.37. The van der Waals surface area contributed by atoms with E-state index in [0.717, 1.165) is 21.3 Å². The standard InChI is InChI=1S/C14H15NO4S/c1-10(14(16)17)15(20(2,18)19)13-8-7-11-5-3-4-6-12(11)9-13/h3-10H,1-2H3,(H,16,17). The first-order valence-corrected chi connectivity index (χ1v) is 7.86. The van der Waals surface area contributed by atoms with Crippen LogP contribution in [0.15, 0.2) is 42.5 Å². The molecule has 20 heavy (non-hydrogen) atoms. The Morgan fingerprint density at radius 1 is 1.15 bits per heavy atom. The number of nitrogens with zero attached hydrogens (tertiary/aromatic N) is 1. The van der Waals surface area contributed by atoms with E-state index in [9.17, 15) is 13.2 Å². The number of fused-ring (bicyclic) bond motifs is 1. The molecule has 0 spiro atoms. The molecule has 0 radical (unpaired) electrons. The quantitative estimate of drug-likeness (QED) is 0.936. The van der Waals surface area contributed by atoms with Crippen molar-refractivity contribution >= 4 is 32.5 Å². The number of benzene rings is 2. The molecule has 1 N–H and O–H groups in total. The molecule has 0 aliphatic carbocycles. The number of aliphatic carboxylic acids is 1. The molecule has 106 valence electrons. The minimum atomic E-state index is -3.68. The third kappa shape index (κ3) is 2.75. The van der Waals surface area contributed by atoms with Crippen molar-refractivity contribution in [3.05, 3.63) is 42.5 Å². The summed E-state index contributed by atoms with van der Waals surface area (Å²) in [4.78, 5) is 11.1. The molecule has 5 nitrogen and oxygen atoms in total. The van der Waals surface area contributed by atoms with Crippen LogP contribution in [0, 0.1) is 0 Å². The molecule has 0 amide bonds. The zero-order chi connectivity index (χ0) is 14.9. The van der Waals surface area contributed by atoms with E-state index < -0.39 is 22.0 Å². The lowest BCUT2D eigenvalue weighted by molar-refractivity contribution is -0.137. The molecule has 0 aliphatic heterocycles. The monoisotopic (exact) mass is 293 g/mol. The molecule has 0 heterocycles. The van der Waals surface area contributed by atoms with Crippen molar-refractivity contribution in [3.63, 3.8) is 0 Å². The summed E-state index contributed by atoms with van der Waals surface area (Å²) in [5, 5.41) is 10.9. The SMILES string of the molecule is CC(C(=O)O)N(c1ccc2ccccc2c1)S(C)(=O)=O. The van der Waals surface area contributed by atoms with Gasteiger partial charge in [-0.25, -0.2) is 13.2 Å². The average molecular weight is 293 g/mol. The molecular formula is C14H15NO4S. The van der Waals surface area contributed by atoms with Crippen molar-refractivity contribution in [1.29, 1.82) is 0 Å². The van der Waals surface area contributed by atoms with Crippen molar-refractivity contribution in [1.82, 2.24) is 0 Å². The Labute approximate surface area is 117 Å². The molecule has 0 aliphatic rings. The molecule has 0 saturated carbocycles. The van der Waals surface area contributed by atoms with E-state index in [-0.39, 0.29) is 0 Å². The van der Waals surface area contributed by atoms with Gasteiger partial charge in [0.1, 0.15) is 6.04 Å². The highest BCUT2D eigenvalue weighted by Gasteiger charge is 2.28. The number of carboxylic acid groups (broad SMARTS) is 1. The lowest BCUT2D eigenvalue weighted by Gasteiger charge is -2.26. The van der Waals surface area contributed by atoms with Crippen LogP contribution in [0.3, 0.4) is 0 Å². The van der Waals surface area contributed by atoms with Gasteiger partial charge >= 0.3 is 5.97 Å². The minimum absolute atomic E-state index is 0.348. The van der Waals surface area contributed by atoms with E-state index in [1.165, 1.54) is 6.92 Å². The van der Waals surface area contributed by atoms with Gasteiger partial charge in [0.25, 0.3) is 0 Å². The summed E-state index contributed by atoms with van der Waals surface area (Å²) < 4.78 is 24.7. The van der Waals surface area contributed by atoms with Gasteiger partial charge in [0.2, 0.25) is 10.0 Å². The van der Waals surface area contributed by atoms with Gasteiger partial charge < -0.3 is 5.11 Å². The fourth-order valence-corrected chi connectivity index (χ4v) is 3.28. The maximum absolute atomic E-state index is 11.9. The molecule has 0 bridgehead atoms. The summed E-state index contributed by atoms with van der Waals surface area (Å²) in [6, 6.07) is 11.4. The second-order valence-electron chi connectivity index (χ2n) is 4.60. The molecule has 0 aromatic heterocycles. The van der Waals surface area contributed by atoms with Gasteiger partial charge in [0, 0.05) is 0 Å². The summed E-state index contributed by atoms with van der Waals surface area (Å²) in [7, 11) is -3.68. The van der Waals surface area contributed by atoms with E-state index in [0.29, 0.717) is 5.69 Å². The first-order chi connectivity index (χ1) is 9.30. The summed E-state index contributed by atoms with van der Waals surface area (Å²) in [5.41, 5.74) is 0.348. The summed E-state index contributed by atoms with van der Waals surface area (Å²) >= 11 is 0. The number of hydrogen-bond donors (Lipinski definition) is 1.